The van der Waals surface area contributed by atoms with Gasteiger partial charge in [-0.2, -0.15) is 0 Å². The monoisotopic (exact) mass is 492 g/mol. The van der Waals surface area contributed by atoms with Crippen LogP contribution in [0.3, 0.4) is 0 Å². The van der Waals surface area contributed by atoms with Gasteiger partial charge in [-0.3, -0.25) is 0 Å². The normalized spacial score (nSPS) is 11.7. The molecule has 0 saturated carbocycles. The smallest absolute Gasteiger partial charge is 0.319 e. The van der Waals surface area contributed by atoms with E-state index in [0.29, 0.717) is 0 Å². The minimum Gasteiger partial charge on any atom is -0.319 e. The van der Waals surface area contributed by atoms with Gasteiger partial charge < -0.3 is 15.9 Å². The average Bonchev–Trinajstić information content (AvgIpc) is 2.84. The number of benzene rings is 4. The van der Waals surface area contributed by atoms with Crippen LogP contribution in [0.5, 0.6) is 0 Å². The van der Waals surface area contributed by atoms with E-state index >= 15 is 0 Å². The maximum Gasteiger partial charge on any atom is 1.00 e. The van der Waals surface area contributed by atoms with E-state index in [1.807, 2.05) is 0 Å². The summed E-state index contributed by atoms with van der Waals surface area (Å²) in [5.74, 6) is 0. The Hall–Kier alpha value is -1.61. The van der Waals surface area contributed by atoms with Crippen LogP contribution in [-0.2, 0) is 0 Å². The molecular formula is C27H26BrLiSi2. The van der Waals surface area contributed by atoms with Crippen molar-refractivity contribution in [3.05, 3.63) is 125 Å². The molecule has 0 radical (unpaired) electrons. The van der Waals surface area contributed by atoms with Gasteiger partial charge in [-0.1, -0.05) is 155 Å². The van der Waals surface area contributed by atoms with Gasteiger partial charge in [0.1, 0.15) is 0 Å². The van der Waals surface area contributed by atoms with Crippen molar-refractivity contribution in [3.63, 3.8) is 0 Å². The third-order valence-electron chi connectivity index (χ3n) is 6.28. The fourth-order valence-corrected chi connectivity index (χ4v) is 18.0. The Bertz CT molecular complexity index is 905. The summed E-state index contributed by atoms with van der Waals surface area (Å²) < 4.78 is 1.50. The Balaban J connectivity index is 0.00000272. The molecule has 0 atom stereocenters. The zero-order chi connectivity index (χ0) is 21.0. The van der Waals surface area contributed by atoms with Crippen molar-refractivity contribution in [2.24, 2.45) is 0 Å². The topological polar surface area (TPSA) is 0 Å². The van der Waals surface area contributed by atoms with Crippen molar-refractivity contribution in [2.75, 3.05) is 0 Å². The van der Waals surface area contributed by atoms with E-state index in [9.17, 15) is 0 Å². The van der Waals surface area contributed by atoms with Crippen molar-refractivity contribution in [2.45, 2.75) is 13.1 Å². The van der Waals surface area contributed by atoms with Gasteiger partial charge in [0.15, 0.2) is 0 Å². The van der Waals surface area contributed by atoms with Crippen LogP contribution in [0, 0.1) is 4.07 Å². The van der Waals surface area contributed by atoms with Gasteiger partial charge in [0.05, 0.1) is 0 Å². The summed E-state index contributed by atoms with van der Waals surface area (Å²) in [4.78, 5) is 0. The minimum absolute atomic E-state index is 0. The van der Waals surface area contributed by atoms with Crippen LogP contribution in [0.2, 0.25) is 13.1 Å². The van der Waals surface area contributed by atoms with E-state index in [1.54, 1.807) is 0 Å². The first-order chi connectivity index (χ1) is 14.6. The molecule has 150 valence electrons. The molecule has 0 N–H and O–H groups in total. The molecule has 0 bridgehead atoms. The molecule has 0 fully saturated rings. The van der Waals surface area contributed by atoms with E-state index < -0.39 is 16.1 Å². The molecule has 31 heavy (non-hydrogen) atoms. The molecule has 0 nitrogen and oxygen atoms in total. The first kappa shape index (κ1) is 24.0. The Morgan fingerprint density at radius 1 is 0.452 bits per heavy atom. The average molecular weight is 494 g/mol. The van der Waals surface area contributed by atoms with Crippen molar-refractivity contribution in [3.8, 4) is 0 Å². The maximum atomic E-state index is 4.31. The largest absolute Gasteiger partial charge is 1.00 e. The molecule has 4 rings (SSSR count). The van der Waals surface area contributed by atoms with E-state index in [1.165, 1.54) is 24.8 Å². The van der Waals surface area contributed by atoms with Gasteiger partial charge in [-0.25, -0.2) is 4.07 Å². The van der Waals surface area contributed by atoms with E-state index in [0.717, 1.165) is 0 Å². The second kappa shape index (κ2) is 10.3. The molecule has 4 heteroatoms. The van der Waals surface area contributed by atoms with Crippen LogP contribution in [0.1, 0.15) is 0 Å². The maximum absolute atomic E-state index is 4.31. The van der Waals surface area contributed by atoms with Crippen LogP contribution >= 0.6 is 15.9 Å². The van der Waals surface area contributed by atoms with Gasteiger partial charge in [0, 0.05) is 0 Å². The van der Waals surface area contributed by atoms with Crippen molar-refractivity contribution in [1.29, 1.82) is 0 Å². The molecule has 0 aromatic heterocycles. The zero-order valence-corrected chi connectivity index (χ0v) is 22.0. The SMILES string of the molecule is C[Si](c1ccccc1)(c1ccccc1)[C-](Br)[Si](C)(c1ccccc1)c1ccccc1.[Li+]. The standard InChI is InChI=1S/C27H26BrSi2.Li/c1-29(23-15-7-3-8-16-23,24-17-9-4-10-18-24)27(28)30(2,25-19-11-5-12-20-25)26-21-13-6-14-22-26;/h3-22H,1-2H3;/q-1;+1. The molecule has 4 aromatic carbocycles. The second-order valence-electron chi connectivity index (χ2n) is 8.03. The second-order valence-corrected chi connectivity index (χ2v) is 18.6. The molecule has 0 unspecified atom stereocenters. The summed E-state index contributed by atoms with van der Waals surface area (Å²) >= 11 is 4.31. The molecular weight excluding hydrogens is 467 g/mol. The zero-order valence-electron chi connectivity index (χ0n) is 18.4. The molecule has 0 aliphatic rings. The van der Waals surface area contributed by atoms with E-state index in [2.05, 4.69) is 150 Å². The predicted molar refractivity (Wildman–Crippen MR) is 140 cm³/mol. The van der Waals surface area contributed by atoms with Crippen molar-refractivity contribution in [1.82, 2.24) is 0 Å². The van der Waals surface area contributed by atoms with Gasteiger partial charge in [-0.05, 0) is 16.1 Å². The van der Waals surface area contributed by atoms with Crippen LogP contribution < -0.4 is 39.6 Å². The van der Waals surface area contributed by atoms with Gasteiger partial charge in [-0.15, -0.1) is 0 Å². The van der Waals surface area contributed by atoms with Crippen LogP contribution in [0.25, 0.3) is 0 Å². The van der Waals surface area contributed by atoms with Crippen LogP contribution in [0.15, 0.2) is 121 Å². The van der Waals surface area contributed by atoms with E-state index in [4.69, 9.17) is 0 Å². The van der Waals surface area contributed by atoms with Gasteiger partial charge in [0.25, 0.3) is 0 Å². The fourth-order valence-electron chi connectivity index (χ4n) is 4.43. The van der Waals surface area contributed by atoms with Gasteiger partial charge >= 0.3 is 18.9 Å². The first-order valence-corrected chi connectivity index (χ1v) is 16.1. The van der Waals surface area contributed by atoms with E-state index in [-0.39, 0.29) is 18.9 Å². The Morgan fingerprint density at radius 2 is 0.645 bits per heavy atom. The molecule has 0 spiro atoms. The number of hydrogen-bond acceptors (Lipinski definition) is 0. The summed E-state index contributed by atoms with van der Waals surface area (Å²) in [5.41, 5.74) is 0. The third kappa shape index (κ3) is 4.49. The molecule has 0 amide bonds. The Kier molecular flexibility index (Phi) is 8.02. The molecule has 4 aromatic rings. The molecule has 0 saturated heterocycles. The quantitative estimate of drug-likeness (QED) is 0.284. The first-order valence-electron chi connectivity index (χ1n) is 10.3. The third-order valence-corrected chi connectivity index (χ3v) is 21.7. The number of halogens is 1. The summed E-state index contributed by atoms with van der Waals surface area (Å²) in [7, 11) is -4.42. The van der Waals surface area contributed by atoms with Crippen molar-refractivity contribution < 1.29 is 18.9 Å². The number of rotatable bonds is 6. The molecule has 0 heterocycles. The molecule has 0 aliphatic heterocycles. The summed E-state index contributed by atoms with van der Waals surface area (Å²) in [5, 5.41) is 5.75. The minimum atomic E-state index is -2.21. The number of hydrogen-bond donors (Lipinski definition) is 0. The Labute approximate surface area is 209 Å². The van der Waals surface area contributed by atoms with Crippen LogP contribution in [0.4, 0.5) is 0 Å². The summed E-state index contributed by atoms with van der Waals surface area (Å²) in [6.45, 7) is 5.00. The summed E-state index contributed by atoms with van der Waals surface area (Å²) in [6.07, 6.45) is 0. The van der Waals surface area contributed by atoms with Crippen molar-refractivity contribution >= 4 is 52.8 Å². The Morgan fingerprint density at radius 3 is 0.839 bits per heavy atom. The van der Waals surface area contributed by atoms with Gasteiger partial charge in [0.2, 0.25) is 0 Å². The molecule has 0 aliphatic carbocycles. The predicted octanol–water partition coefficient (Wildman–Crippen LogP) is 1.78. The summed E-state index contributed by atoms with van der Waals surface area (Å²) in [6, 6.07) is 44.3. The fraction of sp³-hybridized carbons (Fsp3) is 0.0741. The van der Waals surface area contributed by atoms with Crippen LogP contribution in [-0.4, -0.2) is 16.1 Å².